The molecule has 2 bridgehead atoms. The van der Waals surface area contributed by atoms with E-state index in [0.29, 0.717) is 45.6 Å². The predicted octanol–water partition coefficient (Wildman–Crippen LogP) is 4.25. The highest BCUT2D eigenvalue weighted by atomic mass is 16.5. The van der Waals surface area contributed by atoms with Gasteiger partial charge in [0.1, 0.15) is 11.5 Å². The predicted molar refractivity (Wildman–Crippen MR) is 138 cm³/mol. The average molecular weight is 496 g/mol. The first-order chi connectivity index (χ1) is 17.4. The summed E-state index contributed by atoms with van der Waals surface area (Å²) in [5.41, 5.74) is 2.92. The fourth-order valence-corrected chi connectivity index (χ4v) is 5.15. The molecule has 8 nitrogen and oxygen atoms in total. The van der Waals surface area contributed by atoms with Gasteiger partial charge in [0, 0.05) is 46.5 Å². The lowest BCUT2D eigenvalue weighted by Crippen LogP contribution is -2.43. The van der Waals surface area contributed by atoms with Crippen LogP contribution in [0.3, 0.4) is 0 Å². The van der Waals surface area contributed by atoms with Crippen LogP contribution in [0, 0.1) is 0 Å². The van der Waals surface area contributed by atoms with Crippen LogP contribution in [-0.2, 0) is 4.79 Å². The molecule has 0 spiro atoms. The van der Waals surface area contributed by atoms with E-state index in [0.717, 1.165) is 24.0 Å². The van der Waals surface area contributed by atoms with Crippen molar-refractivity contribution in [3.05, 3.63) is 46.5 Å². The Labute approximate surface area is 212 Å². The number of Topliss-reactive ketones (excluding diaryl/α,β-unsaturated/α-hetero) is 1. The number of carbonyl (C=O) groups is 1. The standard InChI is InChI=1S/C28H33NO7/c1-29-20-8-9-21(29)19(11-17-13-25(34-5)27(36-7)15-23(17)32-3)28(30)18(20)10-16-12-24(33-4)26(35-6)14-22(16)31-2/h10-15,20-21H,8-9H2,1-7H3/b18-10+,19-11+. The van der Waals surface area contributed by atoms with Crippen molar-refractivity contribution in [3.8, 4) is 34.5 Å². The van der Waals surface area contributed by atoms with Crippen LogP contribution in [0.1, 0.15) is 24.0 Å². The summed E-state index contributed by atoms with van der Waals surface area (Å²) in [5, 5.41) is 0. The Balaban J connectivity index is 1.84. The minimum Gasteiger partial charge on any atom is -0.496 e. The molecule has 0 amide bonds. The second-order valence-corrected chi connectivity index (χ2v) is 8.70. The monoisotopic (exact) mass is 495 g/mol. The molecule has 2 aromatic carbocycles. The van der Waals surface area contributed by atoms with Crippen LogP contribution in [-0.4, -0.2) is 72.5 Å². The molecule has 2 fully saturated rings. The molecule has 0 aliphatic carbocycles. The van der Waals surface area contributed by atoms with Gasteiger partial charge in [0.2, 0.25) is 0 Å². The number of likely N-dealkylation sites (N-methyl/N-ethyl adjacent to an activating group) is 1. The van der Waals surface area contributed by atoms with Gasteiger partial charge in [-0.25, -0.2) is 0 Å². The Kier molecular flexibility index (Phi) is 7.45. The molecule has 0 radical (unpaired) electrons. The molecule has 2 heterocycles. The molecule has 8 heteroatoms. The van der Waals surface area contributed by atoms with Crippen molar-refractivity contribution >= 4 is 17.9 Å². The molecule has 2 aliphatic heterocycles. The third kappa shape index (κ3) is 4.37. The van der Waals surface area contributed by atoms with Gasteiger partial charge in [-0.3, -0.25) is 9.69 Å². The fourth-order valence-electron chi connectivity index (χ4n) is 5.15. The van der Waals surface area contributed by atoms with E-state index in [1.807, 2.05) is 24.3 Å². The number of carbonyl (C=O) groups excluding carboxylic acids is 1. The van der Waals surface area contributed by atoms with Crippen molar-refractivity contribution in [1.29, 1.82) is 0 Å². The van der Waals surface area contributed by atoms with Gasteiger partial charge in [0.15, 0.2) is 28.8 Å². The van der Waals surface area contributed by atoms with E-state index < -0.39 is 0 Å². The molecule has 2 aliphatic rings. The van der Waals surface area contributed by atoms with Crippen molar-refractivity contribution < 1.29 is 33.2 Å². The summed E-state index contributed by atoms with van der Waals surface area (Å²) in [6.45, 7) is 0. The lowest BCUT2D eigenvalue weighted by molar-refractivity contribution is -0.114. The van der Waals surface area contributed by atoms with Gasteiger partial charge >= 0.3 is 0 Å². The topological polar surface area (TPSA) is 75.7 Å². The molecule has 0 saturated carbocycles. The normalized spacial score (nSPS) is 21.6. The summed E-state index contributed by atoms with van der Waals surface area (Å²) in [5.74, 6) is 3.46. The van der Waals surface area contributed by atoms with Crippen LogP contribution in [0.2, 0.25) is 0 Å². The van der Waals surface area contributed by atoms with Gasteiger partial charge in [0.25, 0.3) is 0 Å². The molecule has 4 rings (SSSR count). The zero-order valence-electron chi connectivity index (χ0n) is 21.8. The zero-order valence-corrected chi connectivity index (χ0v) is 21.8. The van der Waals surface area contributed by atoms with Crippen molar-refractivity contribution in [2.24, 2.45) is 0 Å². The van der Waals surface area contributed by atoms with Crippen molar-refractivity contribution in [1.82, 2.24) is 4.90 Å². The maximum atomic E-state index is 13.9. The Morgan fingerprint density at radius 1 is 0.611 bits per heavy atom. The molecule has 0 N–H and O–H groups in total. The van der Waals surface area contributed by atoms with E-state index in [1.165, 1.54) is 0 Å². The minimum atomic E-state index is 0.00859. The largest absolute Gasteiger partial charge is 0.496 e. The number of piperidine rings is 1. The number of hydrogen-bond donors (Lipinski definition) is 0. The summed E-state index contributed by atoms with van der Waals surface area (Å²) < 4.78 is 33.0. The number of ketones is 1. The number of nitrogens with zero attached hydrogens (tertiary/aromatic N) is 1. The third-order valence-corrected chi connectivity index (χ3v) is 7.03. The average Bonchev–Trinajstić information content (AvgIpc) is 3.22. The van der Waals surface area contributed by atoms with E-state index in [1.54, 1.807) is 54.8 Å². The first-order valence-corrected chi connectivity index (χ1v) is 11.7. The number of rotatable bonds is 8. The van der Waals surface area contributed by atoms with E-state index >= 15 is 0 Å². The van der Waals surface area contributed by atoms with Gasteiger partial charge in [-0.15, -0.1) is 0 Å². The summed E-state index contributed by atoms with van der Waals surface area (Å²) in [7, 11) is 11.6. The molecule has 2 atom stereocenters. The van der Waals surface area contributed by atoms with Crippen LogP contribution in [0.4, 0.5) is 0 Å². The molecular formula is C28H33NO7. The fraction of sp³-hybridized carbons (Fsp3) is 0.393. The van der Waals surface area contributed by atoms with E-state index in [-0.39, 0.29) is 17.9 Å². The number of hydrogen-bond acceptors (Lipinski definition) is 8. The molecule has 0 aromatic heterocycles. The van der Waals surface area contributed by atoms with Crippen LogP contribution in [0.5, 0.6) is 34.5 Å². The number of fused-ring (bicyclic) bond motifs is 2. The highest BCUT2D eigenvalue weighted by Gasteiger charge is 2.44. The minimum absolute atomic E-state index is 0.00859. The summed E-state index contributed by atoms with van der Waals surface area (Å²) in [4.78, 5) is 16.2. The van der Waals surface area contributed by atoms with E-state index in [9.17, 15) is 4.79 Å². The molecule has 192 valence electrons. The van der Waals surface area contributed by atoms with Crippen LogP contribution < -0.4 is 28.4 Å². The van der Waals surface area contributed by atoms with Crippen LogP contribution in [0.15, 0.2) is 35.4 Å². The van der Waals surface area contributed by atoms with Gasteiger partial charge in [0.05, 0.1) is 42.7 Å². The number of benzene rings is 2. The SMILES string of the molecule is COc1cc(OC)c(OC)cc1/C=C1/C(=O)/C(=C/c2cc(OC)c(OC)cc2OC)C2CCC1N2C. The maximum Gasteiger partial charge on any atom is 0.188 e. The molecule has 36 heavy (non-hydrogen) atoms. The third-order valence-electron chi connectivity index (χ3n) is 7.03. The Morgan fingerprint density at radius 2 is 0.944 bits per heavy atom. The molecule has 2 saturated heterocycles. The first-order valence-electron chi connectivity index (χ1n) is 11.7. The van der Waals surface area contributed by atoms with Crippen molar-refractivity contribution in [3.63, 3.8) is 0 Å². The van der Waals surface area contributed by atoms with Crippen molar-refractivity contribution in [2.45, 2.75) is 24.9 Å². The Hall–Kier alpha value is -3.65. The van der Waals surface area contributed by atoms with Gasteiger partial charge in [-0.1, -0.05) is 0 Å². The summed E-state index contributed by atoms with van der Waals surface area (Å²) in [6.07, 6.45) is 5.58. The quantitative estimate of drug-likeness (QED) is 0.503. The smallest absolute Gasteiger partial charge is 0.188 e. The lowest BCUT2D eigenvalue weighted by Gasteiger charge is -2.34. The summed E-state index contributed by atoms with van der Waals surface area (Å²) in [6, 6.07) is 7.24. The molecular weight excluding hydrogens is 462 g/mol. The van der Waals surface area contributed by atoms with E-state index in [4.69, 9.17) is 28.4 Å². The maximum absolute atomic E-state index is 13.9. The van der Waals surface area contributed by atoms with Crippen LogP contribution >= 0.6 is 0 Å². The van der Waals surface area contributed by atoms with Crippen LogP contribution in [0.25, 0.3) is 12.2 Å². The van der Waals surface area contributed by atoms with Gasteiger partial charge < -0.3 is 28.4 Å². The van der Waals surface area contributed by atoms with Gasteiger partial charge in [-0.2, -0.15) is 0 Å². The molecule has 2 aromatic rings. The first kappa shape index (κ1) is 25.4. The second-order valence-electron chi connectivity index (χ2n) is 8.70. The highest BCUT2D eigenvalue weighted by molar-refractivity contribution is 6.16. The Bertz CT molecular complexity index is 1130. The Morgan fingerprint density at radius 3 is 1.28 bits per heavy atom. The second kappa shape index (κ2) is 10.5. The lowest BCUT2D eigenvalue weighted by atomic mass is 9.88. The van der Waals surface area contributed by atoms with E-state index in [2.05, 4.69) is 11.9 Å². The number of ether oxygens (including phenoxy) is 6. The summed E-state index contributed by atoms with van der Waals surface area (Å²) >= 11 is 0. The highest BCUT2D eigenvalue weighted by Crippen LogP contribution is 2.44. The number of methoxy groups -OCH3 is 6. The zero-order chi connectivity index (χ0) is 26.0. The van der Waals surface area contributed by atoms with Crippen molar-refractivity contribution in [2.75, 3.05) is 49.7 Å². The molecule has 2 unspecified atom stereocenters. The van der Waals surface area contributed by atoms with Gasteiger partial charge in [-0.05, 0) is 44.2 Å².